The number of benzene rings is 1. The van der Waals surface area contributed by atoms with E-state index in [0.717, 1.165) is 5.56 Å². The van der Waals surface area contributed by atoms with E-state index in [1.807, 2.05) is 13.0 Å². The summed E-state index contributed by atoms with van der Waals surface area (Å²) in [5.41, 5.74) is 1.34. The third-order valence-corrected chi connectivity index (χ3v) is 3.25. The summed E-state index contributed by atoms with van der Waals surface area (Å²) in [5, 5.41) is 11.4. The minimum Gasteiger partial charge on any atom is -0.334 e. The van der Waals surface area contributed by atoms with E-state index in [1.54, 1.807) is 25.1 Å². The molecule has 1 N–H and O–H groups in total. The molecule has 1 atom stereocenters. The van der Waals surface area contributed by atoms with Crippen LogP contribution < -0.4 is 5.32 Å². The van der Waals surface area contributed by atoms with Crippen LogP contribution in [0, 0.1) is 18.3 Å². The second-order valence-electron chi connectivity index (χ2n) is 4.56. The van der Waals surface area contributed by atoms with E-state index in [-0.39, 0.29) is 12.5 Å². The number of likely N-dealkylation sites (N-methyl/N-ethyl adjacent to an activating group) is 1. The first-order valence-electron chi connectivity index (χ1n) is 6.08. The van der Waals surface area contributed by atoms with E-state index in [9.17, 15) is 9.59 Å². The highest BCUT2D eigenvalue weighted by molar-refractivity contribution is 6.41. The first-order chi connectivity index (χ1) is 9.36. The van der Waals surface area contributed by atoms with Crippen LogP contribution >= 0.6 is 11.6 Å². The molecule has 0 aliphatic rings. The SMILES string of the molecule is Cc1ccc(NC(=O)C(=O)N(C)[C@@H](C)CC#N)c(Cl)c1. The van der Waals surface area contributed by atoms with Gasteiger partial charge in [0, 0.05) is 13.1 Å². The fraction of sp³-hybridized carbons (Fsp3) is 0.357. The molecule has 1 aromatic rings. The normalized spacial score (nSPS) is 11.3. The van der Waals surface area contributed by atoms with E-state index in [1.165, 1.54) is 11.9 Å². The number of nitrogens with zero attached hydrogens (tertiary/aromatic N) is 2. The lowest BCUT2D eigenvalue weighted by Gasteiger charge is -2.22. The van der Waals surface area contributed by atoms with Crippen molar-refractivity contribution in [2.24, 2.45) is 0 Å². The Bertz CT molecular complexity index is 566. The third kappa shape index (κ3) is 3.97. The van der Waals surface area contributed by atoms with Gasteiger partial charge >= 0.3 is 11.8 Å². The molecule has 0 saturated heterocycles. The van der Waals surface area contributed by atoms with Crippen LogP contribution in [0.3, 0.4) is 0 Å². The summed E-state index contributed by atoms with van der Waals surface area (Å²) in [6.07, 6.45) is 0.167. The van der Waals surface area contributed by atoms with Crippen LogP contribution in [-0.4, -0.2) is 29.8 Å². The third-order valence-electron chi connectivity index (χ3n) is 2.94. The molecule has 0 unspecified atom stereocenters. The fourth-order valence-corrected chi connectivity index (χ4v) is 1.81. The van der Waals surface area contributed by atoms with E-state index >= 15 is 0 Å². The van der Waals surface area contributed by atoms with Gasteiger partial charge in [-0.3, -0.25) is 9.59 Å². The molecule has 5 nitrogen and oxygen atoms in total. The van der Waals surface area contributed by atoms with Crippen molar-refractivity contribution in [2.75, 3.05) is 12.4 Å². The zero-order valence-electron chi connectivity index (χ0n) is 11.6. The quantitative estimate of drug-likeness (QED) is 0.869. The van der Waals surface area contributed by atoms with Crippen molar-refractivity contribution in [2.45, 2.75) is 26.3 Å². The van der Waals surface area contributed by atoms with Crippen LogP contribution in [0.5, 0.6) is 0 Å². The summed E-state index contributed by atoms with van der Waals surface area (Å²) < 4.78 is 0. The zero-order valence-corrected chi connectivity index (χ0v) is 12.4. The molecule has 0 radical (unpaired) electrons. The Morgan fingerprint density at radius 1 is 1.50 bits per heavy atom. The molecule has 0 bridgehead atoms. The number of carbonyl (C=O) groups is 2. The lowest BCUT2D eigenvalue weighted by molar-refractivity contribution is -0.143. The van der Waals surface area contributed by atoms with E-state index < -0.39 is 11.8 Å². The van der Waals surface area contributed by atoms with E-state index in [0.29, 0.717) is 10.7 Å². The van der Waals surface area contributed by atoms with Gasteiger partial charge in [-0.2, -0.15) is 5.26 Å². The molecule has 0 aliphatic carbocycles. The number of carbonyl (C=O) groups excluding carboxylic acids is 2. The van der Waals surface area contributed by atoms with Gasteiger partial charge in [0.1, 0.15) is 0 Å². The molecule has 2 amide bonds. The molecule has 0 fully saturated rings. The lowest BCUT2D eigenvalue weighted by atomic mass is 10.2. The van der Waals surface area contributed by atoms with Crippen molar-refractivity contribution in [3.05, 3.63) is 28.8 Å². The molecule has 6 heteroatoms. The highest BCUT2D eigenvalue weighted by Crippen LogP contribution is 2.22. The fourth-order valence-electron chi connectivity index (χ4n) is 1.53. The van der Waals surface area contributed by atoms with E-state index in [4.69, 9.17) is 16.9 Å². The Morgan fingerprint density at radius 3 is 2.70 bits per heavy atom. The Balaban J connectivity index is 2.76. The molecule has 1 rings (SSSR count). The first kappa shape index (κ1) is 16.0. The molecule has 0 heterocycles. The number of aryl methyl sites for hydroxylation is 1. The number of anilines is 1. The molecule has 1 aromatic carbocycles. The van der Waals surface area contributed by atoms with Crippen LogP contribution in [0.2, 0.25) is 5.02 Å². The maximum atomic E-state index is 11.9. The average molecular weight is 294 g/mol. The van der Waals surface area contributed by atoms with Crippen LogP contribution in [-0.2, 0) is 9.59 Å². The number of nitriles is 1. The monoisotopic (exact) mass is 293 g/mol. The minimum atomic E-state index is -0.775. The summed E-state index contributed by atoms with van der Waals surface area (Å²) in [7, 11) is 1.49. The summed E-state index contributed by atoms with van der Waals surface area (Å²) in [5.74, 6) is -1.48. The molecular formula is C14H16ClN3O2. The number of rotatable bonds is 3. The number of halogens is 1. The van der Waals surface area contributed by atoms with Gasteiger partial charge in [0.2, 0.25) is 0 Å². The zero-order chi connectivity index (χ0) is 15.3. The van der Waals surface area contributed by atoms with Crippen LogP contribution in [0.1, 0.15) is 18.9 Å². The van der Waals surface area contributed by atoms with Gasteiger partial charge in [-0.1, -0.05) is 17.7 Å². The van der Waals surface area contributed by atoms with Crippen molar-refractivity contribution < 1.29 is 9.59 Å². The van der Waals surface area contributed by atoms with Gasteiger partial charge in [-0.05, 0) is 31.5 Å². The summed E-state index contributed by atoms with van der Waals surface area (Å²) in [6, 6.07) is 6.76. The molecule has 20 heavy (non-hydrogen) atoms. The topological polar surface area (TPSA) is 73.2 Å². The van der Waals surface area contributed by atoms with Gasteiger partial charge in [0.05, 0.1) is 23.2 Å². The second-order valence-corrected chi connectivity index (χ2v) is 4.97. The Kier molecular flexibility index (Phi) is 5.53. The second kappa shape index (κ2) is 6.92. The van der Waals surface area contributed by atoms with Crippen molar-refractivity contribution in [1.29, 1.82) is 5.26 Å². The Hall–Kier alpha value is -2.06. The maximum absolute atomic E-state index is 11.9. The molecular weight excluding hydrogens is 278 g/mol. The van der Waals surface area contributed by atoms with Gasteiger partial charge < -0.3 is 10.2 Å². The first-order valence-corrected chi connectivity index (χ1v) is 6.46. The van der Waals surface area contributed by atoms with Gasteiger partial charge in [0.25, 0.3) is 0 Å². The number of amides is 2. The average Bonchev–Trinajstić information content (AvgIpc) is 2.40. The van der Waals surface area contributed by atoms with Crippen molar-refractivity contribution in [3.8, 4) is 6.07 Å². The lowest BCUT2D eigenvalue weighted by Crippen LogP contribution is -2.42. The predicted octanol–water partition coefficient (Wildman–Crippen LogP) is 2.35. The predicted molar refractivity (Wildman–Crippen MR) is 77.3 cm³/mol. The summed E-state index contributed by atoms with van der Waals surface area (Å²) >= 11 is 5.99. The highest BCUT2D eigenvalue weighted by atomic mass is 35.5. The Morgan fingerprint density at radius 2 is 2.15 bits per heavy atom. The molecule has 0 aliphatic heterocycles. The van der Waals surface area contributed by atoms with Gasteiger partial charge in [0.15, 0.2) is 0 Å². The van der Waals surface area contributed by atoms with E-state index in [2.05, 4.69) is 5.32 Å². The largest absolute Gasteiger partial charge is 0.334 e. The maximum Gasteiger partial charge on any atom is 0.313 e. The summed E-state index contributed by atoms with van der Waals surface area (Å²) in [6.45, 7) is 3.58. The van der Waals surface area contributed by atoms with Crippen molar-refractivity contribution in [1.82, 2.24) is 4.90 Å². The molecule has 0 saturated carbocycles. The summed E-state index contributed by atoms with van der Waals surface area (Å²) in [4.78, 5) is 25.0. The van der Waals surface area contributed by atoms with Crippen LogP contribution in [0.25, 0.3) is 0 Å². The van der Waals surface area contributed by atoms with Crippen LogP contribution in [0.4, 0.5) is 5.69 Å². The standard InChI is InChI=1S/C14H16ClN3O2/c1-9-4-5-12(11(15)8-9)17-13(19)14(20)18(3)10(2)6-7-16/h4-5,8,10H,6H2,1-3H3,(H,17,19)/t10-/m0/s1. The van der Waals surface area contributed by atoms with Gasteiger partial charge in [-0.25, -0.2) is 0 Å². The number of hydrogen-bond donors (Lipinski definition) is 1. The molecule has 106 valence electrons. The highest BCUT2D eigenvalue weighted by Gasteiger charge is 2.23. The van der Waals surface area contributed by atoms with Crippen molar-refractivity contribution in [3.63, 3.8) is 0 Å². The molecule has 0 spiro atoms. The molecule has 0 aromatic heterocycles. The minimum absolute atomic E-state index is 0.167. The van der Waals surface area contributed by atoms with Crippen LogP contribution in [0.15, 0.2) is 18.2 Å². The number of hydrogen-bond acceptors (Lipinski definition) is 3. The number of nitrogens with one attached hydrogen (secondary N) is 1. The van der Waals surface area contributed by atoms with Crippen molar-refractivity contribution >= 4 is 29.1 Å². The Labute approximate surface area is 123 Å². The smallest absolute Gasteiger partial charge is 0.313 e. The van der Waals surface area contributed by atoms with Gasteiger partial charge in [-0.15, -0.1) is 0 Å².